The van der Waals surface area contributed by atoms with Crippen LogP contribution in [0.5, 0.6) is 0 Å². The average Bonchev–Trinajstić information content (AvgIpc) is 3.14. The van der Waals surface area contributed by atoms with Gasteiger partial charge in [0.1, 0.15) is 5.60 Å². The lowest BCUT2D eigenvalue weighted by molar-refractivity contribution is 0.00773. The van der Waals surface area contributed by atoms with E-state index in [-0.39, 0.29) is 23.3 Å². The molecule has 1 spiro atoms. The molecule has 0 N–H and O–H groups in total. The molecule has 2 heterocycles. The predicted octanol–water partition coefficient (Wildman–Crippen LogP) is 1.71. The molecule has 0 radical (unpaired) electrons. The number of amides is 1. The van der Waals surface area contributed by atoms with Crippen molar-refractivity contribution in [3.63, 3.8) is 0 Å². The summed E-state index contributed by atoms with van der Waals surface area (Å²) in [6.07, 6.45) is 4.75. The van der Waals surface area contributed by atoms with Gasteiger partial charge >= 0.3 is 6.09 Å². The molecule has 1 amide bonds. The number of aromatic nitrogens is 2. The molecule has 1 fully saturated rings. The predicted molar refractivity (Wildman–Crippen MR) is 82.6 cm³/mol. The number of carbonyl (C=O) groups is 1. The summed E-state index contributed by atoms with van der Waals surface area (Å²) < 4.78 is 28.8. The van der Waals surface area contributed by atoms with Crippen LogP contribution < -0.4 is 0 Å². The normalized spacial score (nSPS) is 19.4. The quantitative estimate of drug-likeness (QED) is 0.724. The third-order valence-corrected chi connectivity index (χ3v) is 4.96. The van der Waals surface area contributed by atoms with Crippen LogP contribution in [0.4, 0.5) is 4.79 Å². The van der Waals surface area contributed by atoms with Gasteiger partial charge in [-0.1, -0.05) is 0 Å². The molecule has 0 saturated heterocycles. The van der Waals surface area contributed by atoms with Gasteiger partial charge in [0.15, 0.2) is 0 Å². The molecule has 2 aliphatic rings. The lowest BCUT2D eigenvalue weighted by Gasteiger charge is -2.37. The van der Waals surface area contributed by atoms with Gasteiger partial charge in [0.2, 0.25) is 15.0 Å². The summed E-state index contributed by atoms with van der Waals surface area (Å²) in [6.45, 7) is 5.74. The molecule has 1 aromatic heterocycles. The summed E-state index contributed by atoms with van der Waals surface area (Å²) in [5.74, 6) is 0. The zero-order valence-electron chi connectivity index (χ0n) is 13.8. The van der Waals surface area contributed by atoms with Crippen molar-refractivity contribution >= 4 is 15.9 Å². The van der Waals surface area contributed by atoms with Crippen LogP contribution in [0.2, 0.25) is 0 Å². The Morgan fingerprint density at radius 1 is 1.35 bits per heavy atom. The Morgan fingerprint density at radius 3 is 2.52 bits per heavy atom. The Balaban J connectivity index is 1.93. The van der Waals surface area contributed by atoms with Crippen LogP contribution in [0.3, 0.4) is 0 Å². The van der Waals surface area contributed by atoms with Gasteiger partial charge in [-0.25, -0.2) is 23.2 Å². The largest absolute Gasteiger partial charge is 0.444 e. The molecule has 0 bridgehead atoms. The summed E-state index contributed by atoms with van der Waals surface area (Å²) in [4.78, 5) is 22.3. The van der Waals surface area contributed by atoms with E-state index < -0.39 is 15.4 Å². The van der Waals surface area contributed by atoms with Crippen molar-refractivity contribution in [3.8, 4) is 0 Å². The fourth-order valence-corrected chi connectivity index (χ4v) is 3.34. The first-order valence-electron chi connectivity index (χ1n) is 7.56. The van der Waals surface area contributed by atoms with Crippen molar-refractivity contribution in [2.45, 2.75) is 62.9 Å². The van der Waals surface area contributed by atoms with Crippen molar-refractivity contribution in [1.82, 2.24) is 14.9 Å². The van der Waals surface area contributed by atoms with E-state index in [1.807, 2.05) is 20.8 Å². The Kier molecular flexibility index (Phi) is 3.44. The van der Waals surface area contributed by atoms with Gasteiger partial charge in [-0.3, -0.25) is 4.90 Å². The van der Waals surface area contributed by atoms with Gasteiger partial charge in [-0.05, 0) is 45.6 Å². The van der Waals surface area contributed by atoms with Crippen molar-refractivity contribution in [2.75, 3.05) is 6.26 Å². The van der Waals surface area contributed by atoms with Crippen LogP contribution >= 0.6 is 0 Å². The third kappa shape index (κ3) is 3.17. The van der Waals surface area contributed by atoms with Gasteiger partial charge < -0.3 is 4.74 Å². The highest BCUT2D eigenvalue weighted by molar-refractivity contribution is 7.90. The highest BCUT2D eigenvalue weighted by Crippen LogP contribution is 2.48. The maximum Gasteiger partial charge on any atom is 0.411 e. The van der Waals surface area contributed by atoms with Crippen LogP contribution in [0.1, 0.15) is 44.9 Å². The van der Waals surface area contributed by atoms with Crippen molar-refractivity contribution in [3.05, 3.63) is 17.5 Å². The average molecular weight is 339 g/mol. The maximum atomic E-state index is 12.5. The van der Waals surface area contributed by atoms with Gasteiger partial charge in [0, 0.05) is 12.5 Å². The number of rotatable bonds is 1. The first-order chi connectivity index (χ1) is 10.5. The van der Waals surface area contributed by atoms with E-state index in [4.69, 9.17) is 4.74 Å². The van der Waals surface area contributed by atoms with E-state index in [9.17, 15) is 13.2 Å². The Labute approximate surface area is 136 Å². The molecule has 1 saturated carbocycles. The number of fused-ring (bicyclic) bond motifs is 1. The van der Waals surface area contributed by atoms with Gasteiger partial charge in [-0.2, -0.15) is 0 Å². The molecule has 23 heavy (non-hydrogen) atoms. The Bertz CT molecular complexity index is 763. The lowest BCUT2D eigenvalue weighted by atomic mass is 9.97. The van der Waals surface area contributed by atoms with E-state index >= 15 is 0 Å². The van der Waals surface area contributed by atoms with Crippen molar-refractivity contribution in [2.24, 2.45) is 0 Å². The molecule has 3 rings (SSSR count). The summed E-state index contributed by atoms with van der Waals surface area (Å²) in [6, 6.07) is 0. The zero-order chi connectivity index (χ0) is 17.0. The minimum Gasteiger partial charge on any atom is -0.444 e. The van der Waals surface area contributed by atoms with Crippen molar-refractivity contribution < 1.29 is 17.9 Å². The SMILES string of the molecule is CC(C)(C)OC(=O)N1Cc2nc(S(C)(=O)=O)ncc2CC12CC2. The van der Waals surface area contributed by atoms with Crippen LogP contribution in [0.25, 0.3) is 0 Å². The molecule has 7 nitrogen and oxygen atoms in total. The molecule has 1 aliphatic heterocycles. The van der Waals surface area contributed by atoms with E-state index in [1.165, 1.54) is 0 Å². The highest BCUT2D eigenvalue weighted by Gasteiger charge is 2.54. The number of carbonyl (C=O) groups excluding carboxylic acids is 1. The molecular weight excluding hydrogens is 318 g/mol. The fraction of sp³-hybridized carbons (Fsp3) is 0.667. The zero-order valence-corrected chi connectivity index (χ0v) is 14.6. The molecule has 0 atom stereocenters. The number of hydrogen-bond acceptors (Lipinski definition) is 6. The molecule has 8 heteroatoms. The number of sulfone groups is 1. The van der Waals surface area contributed by atoms with Gasteiger partial charge in [-0.15, -0.1) is 0 Å². The van der Waals surface area contributed by atoms with Crippen LogP contribution in [0, 0.1) is 0 Å². The molecular formula is C15H21N3O4S. The standard InChI is InChI=1S/C15H21N3O4S/c1-14(2,3)22-13(19)18-9-11-10(7-15(18)5-6-15)8-16-12(17-11)23(4,20)21/h8H,5-7,9H2,1-4H3. The maximum absolute atomic E-state index is 12.5. The van der Waals surface area contributed by atoms with Crippen LogP contribution in [-0.4, -0.2) is 46.8 Å². The third-order valence-electron chi connectivity index (χ3n) is 4.10. The monoisotopic (exact) mass is 339 g/mol. The Hall–Kier alpha value is -1.70. The molecule has 1 aliphatic carbocycles. The number of hydrogen-bond donors (Lipinski definition) is 0. The second kappa shape index (κ2) is 4.90. The summed E-state index contributed by atoms with van der Waals surface area (Å²) in [5, 5.41) is -0.202. The van der Waals surface area contributed by atoms with Crippen molar-refractivity contribution in [1.29, 1.82) is 0 Å². The van der Waals surface area contributed by atoms with Gasteiger partial charge in [0.25, 0.3) is 0 Å². The number of nitrogens with zero attached hydrogens (tertiary/aromatic N) is 3. The topological polar surface area (TPSA) is 89.5 Å². The first-order valence-corrected chi connectivity index (χ1v) is 9.45. The second-order valence-electron chi connectivity index (χ2n) is 7.36. The smallest absolute Gasteiger partial charge is 0.411 e. The van der Waals surface area contributed by atoms with Crippen LogP contribution in [-0.2, 0) is 27.5 Å². The minimum atomic E-state index is -3.47. The first kappa shape index (κ1) is 16.2. The van der Waals surface area contributed by atoms with E-state index in [0.717, 1.165) is 24.7 Å². The molecule has 126 valence electrons. The van der Waals surface area contributed by atoms with E-state index in [0.29, 0.717) is 12.1 Å². The minimum absolute atomic E-state index is 0.202. The summed E-state index contributed by atoms with van der Waals surface area (Å²) >= 11 is 0. The fourth-order valence-electron chi connectivity index (χ4n) is 2.82. The summed E-state index contributed by atoms with van der Waals surface area (Å²) in [7, 11) is -3.47. The molecule has 1 aromatic rings. The molecule has 0 unspecified atom stereocenters. The van der Waals surface area contributed by atoms with E-state index in [1.54, 1.807) is 11.1 Å². The highest BCUT2D eigenvalue weighted by atomic mass is 32.2. The van der Waals surface area contributed by atoms with Gasteiger partial charge in [0.05, 0.1) is 17.8 Å². The number of ether oxygens (including phenoxy) is 1. The second-order valence-corrected chi connectivity index (χ2v) is 9.27. The molecule has 0 aromatic carbocycles. The van der Waals surface area contributed by atoms with Crippen LogP contribution in [0.15, 0.2) is 11.4 Å². The Morgan fingerprint density at radius 2 is 2.00 bits per heavy atom. The summed E-state index contributed by atoms with van der Waals surface area (Å²) in [5.41, 5.74) is 0.709. The lowest BCUT2D eigenvalue weighted by Crippen LogP contribution is -2.48. The van der Waals surface area contributed by atoms with E-state index in [2.05, 4.69) is 9.97 Å².